The summed E-state index contributed by atoms with van der Waals surface area (Å²) in [5, 5.41) is 11.4. The highest BCUT2D eigenvalue weighted by Crippen LogP contribution is 2.06. The molecule has 1 aromatic heterocycles. The zero-order chi connectivity index (χ0) is 9.80. The van der Waals surface area contributed by atoms with Gasteiger partial charge in [-0.05, 0) is 19.1 Å². The molecule has 0 aromatic carbocycles. The molecule has 0 saturated carbocycles. The van der Waals surface area contributed by atoms with E-state index in [1.165, 1.54) is 0 Å². The molecule has 1 aliphatic heterocycles. The molecule has 0 radical (unpaired) electrons. The summed E-state index contributed by atoms with van der Waals surface area (Å²) in [7, 11) is 0. The molecule has 0 aliphatic carbocycles. The molecule has 1 aliphatic rings. The summed E-state index contributed by atoms with van der Waals surface area (Å²) in [5.74, 6) is 0. The Bertz CT molecular complexity index is 275. The summed E-state index contributed by atoms with van der Waals surface area (Å²) in [6.45, 7) is 6.39. The molecule has 0 amide bonds. The van der Waals surface area contributed by atoms with E-state index in [-0.39, 0.29) is 0 Å². The number of aromatic nitrogens is 2. The zero-order valence-corrected chi connectivity index (χ0v) is 8.48. The molecule has 76 valence electrons. The van der Waals surface area contributed by atoms with Crippen molar-refractivity contribution in [3.8, 4) is 0 Å². The lowest BCUT2D eigenvalue weighted by Gasteiger charge is -2.33. The van der Waals surface area contributed by atoms with Crippen molar-refractivity contribution in [3.05, 3.63) is 24.0 Å². The van der Waals surface area contributed by atoms with E-state index in [1.807, 2.05) is 12.1 Å². The summed E-state index contributed by atoms with van der Waals surface area (Å²) >= 11 is 0. The lowest BCUT2D eigenvalue weighted by molar-refractivity contribution is 0.163. The second-order valence-electron chi connectivity index (χ2n) is 3.74. The van der Waals surface area contributed by atoms with Gasteiger partial charge in [0.05, 0.1) is 5.69 Å². The molecular formula is C10H16N4. The van der Waals surface area contributed by atoms with Gasteiger partial charge >= 0.3 is 0 Å². The van der Waals surface area contributed by atoms with Crippen molar-refractivity contribution in [2.75, 3.05) is 19.6 Å². The van der Waals surface area contributed by atoms with Gasteiger partial charge in [0.1, 0.15) is 0 Å². The van der Waals surface area contributed by atoms with Crippen LogP contribution in [0.1, 0.15) is 12.6 Å². The zero-order valence-electron chi connectivity index (χ0n) is 8.48. The molecule has 0 bridgehead atoms. The maximum Gasteiger partial charge on any atom is 0.0771 e. The molecule has 14 heavy (non-hydrogen) atoms. The van der Waals surface area contributed by atoms with Gasteiger partial charge in [0.15, 0.2) is 0 Å². The number of hydrogen-bond donors (Lipinski definition) is 1. The lowest BCUT2D eigenvalue weighted by Crippen LogP contribution is -2.49. The van der Waals surface area contributed by atoms with Crippen molar-refractivity contribution in [3.63, 3.8) is 0 Å². The second kappa shape index (κ2) is 4.48. The van der Waals surface area contributed by atoms with Crippen LogP contribution in [0.3, 0.4) is 0 Å². The van der Waals surface area contributed by atoms with Crippen LogP contribution in [0.2, 0.25) is 0 Å². The molecule has 1 unspecified atom stereocenters. The molecule has 1 atom stereocenters. The van der Waals surface area contributed by atoms with Gasteiger partial charge in [-0.15, -0.1) is 0 Å². The maximum atomic E-state index is 4.10. The maximum absolute atomic E-state index is 4.10. The highest BCUT2D eigenvalue weighted by atomic mass is 15.2. The molecular weight excluding hydrogens is 176 g/mol. The normalized spacial score (nSPS) is 23.6. The fraction of sp³-hybridized carbons (Fsp3) is 0.600. The van der Waals surface area contributed by atoms with E-state index in [0.29, 0.717) is 6.04 Å². The third kappa shape index (κ3) is 2.27. The minimum Gasteiger partial charge on any atom is -0.314 e. The van der Waals surface area contributed by atoms with Crippen LogP contribution in [0.25, 0.3) is 0 Å². The second-order valence-corrected chi connectivity index (χ2v) is 3.74. The fourth-order valence-corrected chi connectivity index (χ4v) is 1.74. The van der Waals surface area contributed by atoms with Crippen LogP contribution in [0.5, 0.6) is 0 Å². The predicted octanol–water partition coefficient (Wildman–Crippen LogP) is 0.270. The number of rotatable bonds is 2. The van der Waals surface area contributed by atoms with E-state index in [1.54, 1.807) is 6.20 Å². The Morgan fingerprint density at radius 1 is 1.64 bits per heavy atom. The van der Waals surface area contributed by atoms with Gasteiger partial charge in [0, 0.05) is 38.4 Å². The Kier molecular flexibility index (Phi) is 3.06. The minimum absolute atomic E-state index is 0.589. The van der Waals surface area contributed by atoms with E-state index < -0.39 is 0 Å². The Morgan fingerprint density at radius 2 is 2.57 bits per heavy atom. The lowest BCUT2D eigenvalue weighted by atomic mass is 10.2. The van der Waals surface area contributed by atoms with Gasteiger partial charge in [0.25, 0.3) is 0 Å². The first kappa shape index (κ1) is 9.55. The number of nitrogens with zero attached hydrogens (tertiary/aromatic N) is 3. The topological polar surface area (TPSA) is 41.0 Å². The summed E-state index contributed by atoms with van der Waals surface area (Å²) < 4.78 is 0. The predicted molar refractivity (Wildman–Crippen MR) is 54.8 cm³/mol. The van der Waals surface area contributed by atoms with Crippen molar-refractivity contribution in [1.29, 1.82) is 0 Å². The van der Waals surface area contributed by atoms with E-state index in [0.717, 1.165) is 31.9 Å². The van der Waals surface area contributed by atoms with E-state index in [9.17, 15) is 0 Å². The third-order valence-corrected chi connectivity index (χ3v) is 2.63. The van der Waals surface area contributed by atoms with Crippen LogP contribution >= 0.6 is 0 Å². The third-order valence-electron chi connectivity index (χ3n) is 2.63. The molecule has 0 spiro atoms. The quantitative estimate of drug-likeness (QED) is 0.730. The first-order valence-corrected chi connectivity index (χ1v) is 5.07. The van der Waals surface area contributed by atoms with Gasteiger partial charge in [-0.1, -0.05) is 0 Å². The van der Waals surface area contributed by atoms with Gasteiger partial charge in [0.2, 0.25) is 0 Å². The first-order valence-electron chi connectivity index (χ1n) is 5.07. The van der Waals surface area contributed by atoms with Crippen molar-refractivity contribution < 1.29 is 0 Å². The number of piperazine rings is 1. The van der Waals surface area contributed by atoms with Gasteiger partial charge in [-0.2, -0.15) is 10.2 Å². The monoisotopic (exact) mass is 192 g/mol. The smallest absolute Gasteiger partial charge is 0.0771 e. The summed E-state index contributed by atoms with van der Waals surface area (Å²) in [6.07, 6.45) is 1.71. The van der Waals surface area contributed by atoms with Gasteiger partial charge in [-0.3, -0.25) is 4.90 Å². The summed E-state index contributed by atoms with van der Waals surface area (Å²) in [6, 6.07) is 4.56. The summed E-state index contributed by atoms with van der Waals surface area (Å²) in [4.78, 5) is 2.43. The van der Waals surface area contributed by atoms with E-state index in [2.05, 4.69) is 27.3 Å². The standard InChI is InChI=1S/C10H16N4/c1-9-7-11-5-6-14(9)8-10-3-2-4-12-13-10/h2-4,9,11H,5-8H2,1H3. The Balaban J connectivity index is 1.96. The number of hydrogen-bond acceptors (Lipinski definition) is 4. The van der Waals surface area contributed by atoms with E-state index in [4.69, 9.17) is 0 Å². The molecule has 4 heteroatoms. The molecule has 2 rings (SSSR count). The van der Waals surface area contributed by atoms with Crippen LogP contribution < -0.4 is 5.32 Å². The van der Waals surface area contributed by atoms with Crippen molar-refractivity contribution >= 4 is 0 Å². The molecule has 1 fully saturated rings. The van der Waals surface area contributed by atoms with Crippen LogP contribution in [0.15, 0.2) is 18.3 Å². The summed E-state index contributed by atoms with van der Waals surface area (Å²) in [5.41, 5.74) is 1.06. The molecule has 2 heterocycles. The van der Waals surface area contributed by atoms with Crippen LogP contribution in [0, 0.1) is 0 Å². The Morgan fingerprint density at radius 3 is 3.29 bits per heavy atom. The largest absolute Gasteiger partial charge is 0.314 e. The van der Waals surface area contributed by atoms with E-state index >= 15 is 0 Å². The highest BCUT2D eigenvalue weighted by Gasteiger charge is 2.17. The van der Waals surface area contributed by atoms with Gasteiger partial charge in [-0.25, -0.2) is 0 Å². The molecule has 4 nitrogen and oxygen atoms in total. The van der Waals surface area contributed by atoms with Crippen LogP contribution in [-0.4, -0.2) is 40.8 Å². The van der Waals surface area contributed by atoms with Crippen molar-refractivity contribution in [2.24, 2.45) is 0 Å². The minimum atomic E-state index is 0.589. The number of nitrogens with one attached hydrogen (secondary N) is 1. The highest BCUT2D eigenvalue weighted by molar-refractivity contribution is 4.99. The average molecular weight is 192 g/mol. The fourth-order valence-electron chi connectivity index (χ4n) is 1.74. The van der Waals surface area contributed by atoms with Crippen LogP contribution in [-0.2, 0) is 6.54 Å². The van der Waals surface area contributed by atoms with Crippen LogP contribution in [0.4, 0.5) is 0 Å². The first-order chi connectivity index (χ1) is 6.86. The van der Waals surface area contributed by atoms with Crippen molar-refractivity contribution in [2.45, 2.75) is 19.5 Å². The van der Waals surface area contributed by atoms with Crippen molar-refractivity contribution in [1.82, 2.24) is 20.4 Å². The SMILES string of the molecule is CC1CNCCN1Cc1cccnn1. The average Bonchev–Trinajstić information content (AvgIpc) is 2.23. The molecule has 1 aromatic rings. The Hall–Kier alpha value is -1.00. The Labute approximate surface area is 84.3 Å². The van der Waals surface area contributed by atoms with Gasteiger partial charge < -0.3 is 5.32 Å². The molecule has 1 saturated heterocycles. The molecule has 1 N–H and O–H groups in total.